The Morgan fingerprint density at radius 2 is 1.92 bits per heavy atom. The first-order valence-electron chi connectivity index (χ1n) is 3.49. The lowest BCUT2D eigenvalue weighted by Crippen LogP contribution is -2.09. The Labute approximate surface area is 71.2 Å². The molecule has 3 nitrogen and oxygen atoms in total. The predicted octanol–water partition coefficient (Wildman–Crippen LogP) is 0.866. The molecule has 0 atom stereocenters. The molecule has 0 aliphatic rings. The van der Waals surface area contributed by atoms with Crippen LogP contribution in [-0.2, 0) is 11.0 Å². The van der Waals surface area contributed by atoms with Crippen LogP contribution in [0.3, 0.4) is 0 Å². The molecule has 0 aliphatic heterocycles. The average Bonchev–Trinajstić information content (AvgIpc) is 2.03. The van der Waals surface area contributed by atoms with E-state index in [0.717, 1.165) is 0 Å². The Balaban J connectivity index is 3.23. The molecule has 2 N–H and O–H groups in total. The zero-order valence-corrected chi connectivity index (χ0v) is 7.37. The van der Waals surface area contributed by atoms with Crippen LogP contribution >= 0.6 is 7.60 Å². The summed E-state index contributed by atoms with van der Waals surface area (Å²) in [4.78, 5) is 17.8. The minimum absolute atomic E-state index is 0.0833. The monoisotopic (exact) mass is 185 g/mol. The molecule has 0 aromatic heterocycles. The van der Waals surface area contributed by atoms with Crippen LogP contribution in [0.15, 0.2) is 24.3 Å². The molecule has 0 amide bonds. The minimum Gasteiger partial charge on any atom is -0.321 e. The van der Waals surface area contributed by atoms with Gasteiger partial charge in [-0.25, -0.2) is 0 Å². The summed E-state index contributed by atoms with van der Waals surface area (Å²) in [7, 11) is -4.11. The van der Waals surface area contributed by atoms with E-state index in [1.807, 2.05) is 0 Å². The second-order valence-corrected chi connectivity index (χ2v) is 3.99. The zero-order valence-electron chi connectivity index (χ0n) is 6.47. The van der Waals surface area contributed by atoms with Crippen molar-refractivity contribution >= 4 is 12.9 Å². The van der Waals surface area contributed by atoms with Crippen LogP contribution in [0.2, 0.25) is 0 Å². The lowest BCUT2D eigenvalue weighted by Gasteiger charge is -2.07. The first-order chi connectivity index (χ1) is 5.55. The summed E-state index contributed by atoms with van der Waals surface area (Å²) in [6, 6.07) is 6.44. The smallest absolute Gasteiger partial charge is 0.321 e. The molecule has 0 saturated heterocycles. The second-order valence-electron chi connectivity index (χ2n) is 2.42. The van der Waals surface area contributed by atoms with E-state index < -0.39 is 7.60 Å². The van der Waals surface area contributed by atoms with Crippen molar-refractivity contribution in [2.24, 2.45) is 0 Å². The molecule has 0 spiro atoms. The molecular formula is C8H10O3P. The van der Waals surface area contributed by atoms with E-state index in [4.69, 9.17) is 9.79 Å². The molecule has 1 aromatic rings. The van der Waals surface area contributed by atoms with Crippen molar-refractivity contribution in [1.29, 1.82) is 0 Å². The molecule has 1 aromatic carbocycles. The van der Waals surface area contributed by atoms with Gasteiger partial charge in [-0.2, -0.15) is 0 Å². The van der Waals surface area contributed by atoms with Gasteiger partial charge in [0.2, 0.25) is 0 Å². The van der Waals surface area contributed by atoms with Gasteiger partial charge in [0.15, 0.2) is 0 Å². The van der Waals surface area contributed by atoms with Gasteiger partial charge in [0.25, 0.3) is 0 Å². The molecule has 0 heterocycles. The fourth-order valence-corrected chi connectivity index (χ4v) is 1.85. The standard InChI is InChI=1S/C8H10O3P/c1-2-7-5-3-4-6-8(7)12(9,10)11/h3-6H,1-2H2,(H2,9,10,11). The van der Waals surface area contributed by atoms with E-state index in [-0.39, 0.29) is 5.30 Å². The largest absolute Gasteiger partial charge is 0.356 e. The Kier molecular flexibility index (Phi) is 2.68. The van der Waals surface area contributed by atoms with Crippen molar-refractivity contribution in [3.63, 3.8) is 0 Å². The van der Waals surface area contributed by atoms with Crippen molar-refractivity contribution in [3.05, 3.63) is 36.8 Å². The third kappa shape index (κ3) is 1.95. The molecule has 1 rings (SSSR count). The maximum absolute atomic E-state index is 10.9. The van der Waals surface area contributed by atoms with E-state index in [2.05, 4.69) is 6.92 Å². The topological polar surface area (TPSA) is 57.5 Å². The summed E-state index contributed by atoms with van der Waals surface area (Å²) >= 11 is 0. The maximum Gasteiger partial charge on any atom is 0.356 e. The van der Waals surface area contributed by atoms with Gasteiger partial charge in [0.05, 0.1) is 5.30 Å². The van der Waals surface area contributed by atoms with E-state index in [1.54, 1.807) is 18.2 Å². The summed E-state index contributed by atoms with van der Waals surface area (Å²) in [5.74, 6) is 0. The highest BCUT2D eigenvalue weighted by atomic mass is 31.2. The van der Waals surface area contributed by atoms with Gasteiger partial charge < -0.3 is 9.79 Å². The Morgan fingerprint density at radius 1 is 1.33 bits per heavy atom. The van der Waals surface area contributed by atoms with Crippen LogP contribution < -0.4 is 5.30 Å². The van der Waals surface area contributed by atoms with Crippen LogP contribution in [0.5, 0.6) is 0 Å². The molecule has 4 heteroatoms. The first kappa shape index (κ1) is 9.46. The predicted molar refractivity (Wildman–Crippen MR) is 47.2 cm³/mol. The van der Waals surface area contributed by atoms with Crippen molar-refractivity contribution in [1.82, 2.24) is 0 Å². The minimum atomic E-state index is -4.11. The summed E-state index contributed by atoms with van der Waals surface area (Å²) < 4.78 is 10.9. The van der Waals surface area contributed by atoms with Gasteiger partial charge in [-0.15, -0.1) is 0 Å². The maximum atomic E-state index is 10.9. The highest BCUT2D eigenvalue weighted by Crippen LogP contribution is 2.34. The summed E-state index contributed by atoms with van der Waals surface area (Å²) in [6.45, 7) is 3.59. The molecule has 65 valence electrons. The Bertz CT molecular complexity index is 316. The molecule has 0 fully saturated rings. The molecule has 0 bridgehead atoms. The molecule has 0 saturated carbocycles. The SMILES string of the molecule is [CH2]Cc1ccccc1P(=O)(O)O. The van der Waals surface area contributed by atoms with Crippen molar-refractivity contribution in [3.8, 4) is 0 Å². The van der Waals surface area contributed by atoms with Crippen LogP contribution in [-0.4, -0.2) is 9.79 Å². The molecule has 0 aliphatic carbocycles. The second kappa shape index (κ2) is 3.40. The lowest BCUT2D eigenvalue weighted by atomic mass is 10.2. The molecule has 12 heavy (non-hydrogen) atoms. The number of rotatable bonds is 2. The van der Waals surface area contributed by atoms with Crippen molar-refractivity contribution in [2.75, 3.05) is 0 Å². The van der Waals surface area contributed by atoms with Gasteiger partial charge >= 0.3 is 7.60 Å². The zero-order chi connectivity index (χ0) is 9.19. The molecular weight excluding hydrogens is 175 g/mol. The average molecular weight is 185 g/mol. The van der Waals surface area contributed by atoms with Crippen molar-refractivity contribution in [2.45, 2.75) is 6.42 Å². The normalized spacial score (nSPS) is 11.6. The lowest BCUT2D eigenvalue weighted by molar-refractivity contribution is 0.387. The highest BCUT2D eigenvalue weighted by Gasteiger charge is 2.19. The third-order valence-corrected chi connectivity index (χ3v) is 2.64. The van der Waals surface area contributed by atoms with E-state index in [1.165, 1.54) is 6.07 Å². The summed E-state index contributed by atoms with van der Waals surface area (Å²) in [5, 5.41) is 0.0833. The van der Waals surface area contributed by atoms with Crippen LogP contribution in [0.25, 0.3) is 0 Å². The van der Waals surface area contributed by atoms with E-state index >= 15 is 0 Å². The number of hydrogen-bond acceptors (Lipinski definition) is 1. The summed E-state index contributed by atoms with van der Waals surface area (Å²) in [6.07, 6.45) is 0.390. The Morgan fingerprint density at radius 3 is 2.33 bits per heavy atom. The van der Waals surface area contributed by atoms with Gasteiger partial charge in [0.1, 0.15) is 0 Å². The van der Waals surface area contributed by atoms with E-state index in [9.17, 15) is 4.57 Å². The number of benzene rings is 1. The highest BCUT2D eigenvalue weighted by molar-refractivity contribution is 7.60. The first-order valence-corrected chi connectivity index (χ1v) is 5.10. The molecule has 0 unspecified atom stereocenters. The van der Waals surface area contributed by atoms with Crippen molar-refractivity contribution < 1.29 is 14.4 Å². The number of hydrogen-bond donors (Lipinski definition) is 2. The summed E-state index contributed by atoms with van der Waals surface area (Å²) in [5.41, 5.74) is 0.603. The fraction of sp³-hybridized carbons (Fsp3) is 0.125. The van der Waals surface area contributed by atoms with Gasteiger partial charge in [-0.05, 0) is 25.0 Å². The van der Waals surface area contributed by atoms with Gasteiger partial charge in [-0.3, -0.25) is 4.57 Å². The van der Waals surface area contributed by atoms with E-state index in [0.29, 0.717) is 12.0 Å². The quantitative estimate of drug-likeness (QED) is 0.672. The van der Waals surface area contributed by atoms with Crippen LogP contribution in [0.1, 0.15) is 5.56 Å². The fourth-order valence-electron chi connectivity index (χ4n) is 1.01. The van der Waals surface area contributed by atoms with Gasteiger partial charge in [0, 0.05) is 0 Å². The molecule has 1 radical (unpaired) electrons. The van der Waals surface area contributed by atoms with Crippen LogP contribution in [0.4, 0.5) is 0 Å². The Hall–Kier alpha value is -0.630. The van der Waals surface area contributed by atoms with Crippen LogP contribution in [0, 0.1) is 6.92 Å². The third-order valence-electron chi connectivity index (χ3n) is 1.57. The van der Waals surface area contributed by atoms with Gasteiger partial charge in [-0.1, -0.05) is 18.2 Å².